The summed E-state index contributed by atoms with van der Waals surface area (Å²) in [6.45, 7) is 6.92. The SMILES string of the molecule is CCCN1CCC(CNc2cnc3ccccc3n2)C1. The van der Waals surface area contributed by atoms with E-state index in [0.29, 0.717) is 0 Å². The predicted octanol–water partition coefficient (Wildman–Crippen LogP) is 2.77. The number of para-hydroxylation sites is 2. The van der Waals surface area contributed by atoms with Gasteiger partial charge in [0, 0.05) is 13.1 Å². The minimum Gasteiger partial charge on any atom is -0.368 e. The maximum atomic E-state index is 4.60. The van der Waals surface area contributed by atoms with Gasteiger partial charge in [0.1, 0.15) is 5.82 Å². The van der Waals surface area contributed by atoms with E-state index in [0.717, 1.165) is 29.3 Å². The number of nitrogens with one attached hydrogen (secondary N) is 1. The van der Waals surface area contributed by atoms with E-state index >= 15 is 0 Å². The third-order valence-corrected chi connectivity index (χ3v) is 3.93. The molecule has 3 rings (SSSR count). The van der Waals surface area contributed by atoms with Crippen molar-refractivity contribution in [3.8, 4) is 0 Å². The molecule has 0 aliphatic carbocycles. The lowest BCUT2D eigenvalue weighted by Crippen LogP contribution is -2.23. The number of rotatable bonds is 5. The van der Waals surface area contributed by atoms with Gasteiger partial charge in [-0.05, 0) is 44.0 Å². The van der Waals surface area contributed by atoms with Crippen LogP contribution in [0.3, 0.4) is 0 Å². The third-order valence-electron chi connectivity index (χ3n) is 3.93. The molecule has 106 valence electrons. The molecular formula is C16H22N4. The van der Waals surface area contributed by atoms with Gasteiger partial charge in [-0.15, -0.1) is 0 Å². The highest BCUT2D eigenvalue weighted by Gasteiger charge is 2.21. The van der Waals surface area contributed by atoms with E-state index in [1.807, 2.05) is 30.5 Å². The average molecular weight is 270 g/mol. The number of nitrogens with zero attached hydrogens (tertiary/aromatic N) is 3. The van der Waals surface area contributed by atoms with Crippen molar-refractivity contribution in [2.24, 2.45) is 5.92 Å². The molecule has 1 N–H and O–H groups in total. The zero-order valence-corrected chi connectivity index (χ0v) is 12.0. The summed E-state index contributed by atoms with van der Waals surface area (Å²) in [5.41, 5.74) is 1.91. The van der Waals surface area contributed by atoms with Crippen LogP contribution < -0.4 is 5.32 Å². The van der Waals surface area contributed by atoms with Crippen LogP contribution in [0.15, 0.2) is 30.5 Å². The fourth-order valence-electron chi connectivity index (χ4n) is 2.89. The highest BCUT2D eigenvalue weighted by molar-refractivity contribution is 5.75. The van der Waals surface area contributed by atoms with Gasteiger partial charge in [0.2, 0.25) is 0 Å². The van der Waals surface area contributed by atoms with Crippen LogP contribution in [0.25, 0.3) is 11.0 Å². The van der Waals surface area contributed by atoms with Crippen LogP contribution in [-0.4, -0.2) is 41.0 Å². The summed E-state index contributed by atoms with van der Waals surface area (Å²) < 4.78 is 0. The molecule has 4 nitrogen and oxygen atoms in total. The van der Waals surface area contributed by atoms with Gasteiger partial charge in [0.15, 0.2) is 0 Å². The van der Waals surface area contributed by atoms with E-state index in [2.05, 4.69) is 27.1 Å². The summed E-state index contributed by atoms with van der Waals surface area (Å²) in [7, 11) is 0. The Morgan fingerprint density at radius 1 is 1.30 bits per heavy atom. The first-order chi connectivity index (χ1) is 9.85. The van der Waals surface area contributed by atoms with Crippen LogP contribution in [0.2, 0.25) is 0 Å². The van der Waals surface area contributed by atoms with Gasteiger partial charge in [-0.25, -0.2) is 4.98 Å². The minimum absolute atomic E-state index is 0.731. The quantitative estimate of drug-likeness (QED) is 0.907. The molecule has 1 saturated heterocycles. The molecule has 20 heavy (non-hydrogen) atoms. The molecule has 1 aliphatic heterocycles. The highest BCUT2D eigenvalue weighted by atomic mass is 15.1. The van der Waals surface area contributed by atoms with E-state index in [4.69, 9.17) is 0 Å². The smallest absolute Gasteiger partial charge is 0.145 e. The van der Waals surface area contributed by atoms with Gasteiger partial charge in [-0.2, -0.15) is 0 Å². The maximum absolute atomic E-state index is 4.60. The van der Waals surface area contributed by atoms with Gasteiger partial charge in [-0.1, -0.05) is 19.1 Å². The number of benzene rings is 1. The lowest BCUT2D eigenvalue weighted by Gasteiger charge is -2.15. The van der Waals surface area contributed by atoms with E-state index in [1.54, 1.807) is 0 Å². The van der Waals surface area contributed by atoms with Crippen molar-refractivity contribution in [3.63, 3.8) is 0 Å². The van der Waals surface area contributed by atoms with Crippen LogP contribution in [-0.2, 0) is 0 Å². The Bertz CT molecular complexity index is 569. The Morgan fingerprint density at radius 3 is 3.00 bits per heavy atom. The predicted molar refractivity (Wildman–Crippen MR) is 82.9 cm³/mol. The van der Waals surface area contributed by atoms with E-state index in [1.165, 1.54) is 32.5 Å². The number of fused-ring (bicyclic) bond motifs is 1. The van der Waals surface area contributed by atoms with Gasteiger partial charge >= 0.3 is 0 Å². The highest BCUT2D eigenvalue weighted by Crippen LogP contribution is 2.17. The van der Waals surface area contributed by atoms with Crippen molar-refractivity contribution < 1.29 is 0 Å². The molecule has 1 aromatic carbocycles. The molecule has 4 heteroatoms. The maximum Gasteiger partial charge on any atom is 0.145 e. The first-order valence-electron chi connectivity index (χ1n) is 7.53. The fraction of sp³-hybridized carbons (Fsp3) is 0.500. The molecule has 1 aromatic heterocycles. The Hall–Kier alpha value is -1.68. The number of anilines is 1. The van der Waals surface area contributed by atoms with Crippen molar-refractivity contribution in [3.05, 3.63) is 30.5 Å². The molecule has 0 saturated carbocycles. The second kappa shape index (κ2) is 6.18. The second-order valence-electron chi connectivity index (χ2n) is 5.58. The van der Waals surface area contributed by atoms with Gasteiger partial charge in [-0.3, -0.25) is 4.98 Å². The van der Waals surface area contributed by atoms with Crippen LogP contribution >= 0.6 is 0 Å². The number of likely N-dealkylation sites (tertiary alicyclic amines) is 1. The van der Waals surface area contributed by atoms with Gasteiger partial charge < -0.3 is 10.2 Å². The van der Waals surface area contributed by atoms with E-state index < -0.39 is 0 Å². The number of aromatic nitrogens is 2. The first-order valence-corrected chi connectivity index (χ1v) is 7.53. The summed E-state index contributed by atoms with van der Waals surface area (Å²) in [6, 6.07) is 7.99. The fourth-order valence-corrected chi connectivity index (χ4v) is 2.89. The van der Waals surface area contributed by atoms with Crippen molar-refractivity contribution in [1.29, 1.82) is 0 Å². The summed E-state index contributed by atoms with van der Waals surface area (Å²) in [5.74, 6) is 1.62. The lowest BCUT2D eigenvalue weighted by atomic mass is 10.1. The van der Waals surface area contributed by atoms with Crippen LogP contribution in [0.1, 0.15) is 19.8 Å². The zero-order chi connectivity index (χ0) is 13.8. The van der Waals surface area contributed by atoms with E-state index in [9.17, 15) is 0 Å². The average Bonchev–Trinajstić information content (AvgIpc) is 2.93. The normalized spacial score (nSPS) is 19.6. The molecule has 1 unspecified atom stereocenters. The second-order valence-corrected chi connectivity index (χ2v) is 5.58. The minimum atomic E-state index is 0.731. The summed E-state index contributed by atoms with van der Waals surface area (Å²) in [5, 5.41) is 3.44. The molecule has 0 bridgehead atoms. The Labute approximate surface area is 120 Å². The molecule has 0 radical (unpaired) electrons. The molecule has 0 spiro atoms. The van der Waals surface area contributed by atoms with Crippen LogP contribution in [0, 0.1) is 5.92 Å². The Balaban J connectivity index is 1.57. The number of hydrogen-bond acceptors (Lipinski definition) is 4. The Kier molecular flexibility index (Phi) is 4.11. The zero-order valence-electron chi connectivity index (χ0n) is 12.0. The summed E-state index contributed by atoms with van der Waals surface area (Å²) >= 11 is 0. The molecule has 1 fully saturated rings. The van der Waals surface area contributed by atoms with Crippen molar-refractivity contribution in [2.75, 3.05) is 31.5 Å². The largest absolute Gasteiger partial charge is 0.368 e. The number of hydrogen-bond donors (Lipinski definition) is 1. The van der Waals surface area contributed by atoms with Gasteiger partial charge in [0.05, 0.1) is 17.2 Å². The molecule has 2 heterocycles. The van der Waals surface area contributed by atoms with Crippen LogP contribution in [0.4, 0.5) is 5.82 Å². The lowest BCUT2D eigenvalue weighted by molar-refractivity contribution is 0.327. The van der Waals surface area contributed by atoms with Crippen molar-refractivity contribution in [1.82, 2.24) is 14.9 Å². The van der Waals surface area contributed by atoms with Crippen molar-refractivity contribution in [2.45, 2.75) is 19.8 Å². The standard InChI is InChI=1S/C16H22N4/c1-2-8-20-9-7-13(12-20)10-18-16-11-17-14-5-3-4-6-15(14)19-16/h3-6,11,13H,2,7-10,12H2,1H3,(H,18,19). The van der Waals surface area contributed by atoms with Gasteiger partial charge in [0.25, 0.3) is 0 Å². The molecule has 2 aromatic rings. The Morgan fingerprint density at radius 2 is 2.15 bits per heavy atom. The molecule has 1 atom stereocenters. The molecular weight excluding hydrogens is 248 g/mol. The first kappa shape index (κ1) is 13.3. The topological polar surface area (TPSA) is 41.0 Å². The molecule has 0 amide bonds. The monoisotopic (exact) mass is 270 g/mol. The summed E-state index contributed by atoms with van der Waals surface area (Å²) in [4.78, 5) is 11.6. The summed E-state index contributed by atoms with van der Waals surface area (Å²) in [6.07, 6.45) is 4.37. The third kappa shape index (κ3) is 3.07. The molecule has 1 aliphatic rings. The van der Waals surface area contributed by atoms with Crippen LogP contribution in [0.5, 0.6) is 0 Å². The van der Waals surface area contributed by atoms with E-state index in [-0.39, 0.29) is 0 Å². The van der Waals surface area contributed by atoms with Crippen molar-refractivity contribution >= 4 is 16.9 Å².